The molecule has 1 fully saturated rings. The van der Waals surface area contributed by atoms with Gasteiger partial charge < -0.3 is 9.80 Å². The van der Waals surface area contributed by atoms with Crippen LogP contribution < -0.4 is 0 Å². The van der Waals surface area contributed by atoms with Gasteiger partial charge in [0.1, 0.15) is 0 Å². The van der Waals surface area contributed by atoms with E-state index in [-0.39, 0.29) is 5.92 Å². The van der Waals surface area contributed by atoms with Crippen molar-refractivity contribution in [1.29, 1.82) is 0 Å². The summed E-state index contributed by atoms with van der Waals surface area (Å²) >= 11 is 0. The van der Waals surface area contributed by atoms with Crippen molar-refractivity contribution < 1.29 is 4.79 Å². The SMILES string of the molecule is CCC(C)C(=O)N(C)C1CCN(C)CC1. The molecule has 1 saturated heterocycles. The lowest BCUT2D eigenvalue weighted by atomic mass is 10.0. The summed E-state index contributed by atoms with van der Waals surface area (Å²) in [5, 5.41) is 0. The van der Waals surface area contributed by atoms with Gasteiger partial charge in [0.05, 0.1) is 0 Å². The first kappa shape index (κ1) is 12.5. The van der Waals surface area contributed by atoms with Crippen molar-refractivity contribution in [2.75, 3.05) is 27.2 Å². The molecule has 0 aromatic rings. The van der Waals surface area contributed by atoms with Gasteiger partial charge in [-0.25, -0.2) is 0 Å². The highest BCUT2D eigenvalue weighted by Crippen LogP contribution is 2.17. The van der Waals surface area contributed by atoms with Gasteiger partial charge in [-0.3, -0.25) is 4.79 Å². The van der Waals surface area contributed by atoms with Crippen LogP contribution in [0.3, 0.4) is 0 Å². The second-order valence-corrected chi connectivity index (χ2v) is 4.79. The molecule has 0 saturated carbocycles. The molecular formula is C12H24N2O. The number of rotatable bonds is 3. The predicted molar refractivity (Wildman–Crippen MR) is 62.7 cm³/mol. The summed E-state index contributed by atoms with van der Waals surface area (Å²) in [7, 11) is 4.11. The largest absolute Gasteiger partial charge is 0.342 e. The minimum absolute atomic E-state index is 0.176. The minimum Gasteiger partial charge on any atom is -0.342 e. The Hall–Kier alpha value is -0.570. The van der Waals surface area contributed by atoms with Gasteiger partial charge in [0.15, 0.2) is 0 Å². The van der Waals surface area contributed by atoms with Crippen molar-refractivity contribution in [3.8, 4) is 0 Å². The summed E-state index contributed by atoms with van der Waals surface area (Å²) in [6.07, 6.45) is 3.18. The molecule has 1 atom stereocenters. The predicted octanol–water partition coefficient (Wildman–Crippen LogP) is 1.59. The molecule has 1 aliphatic rings. The Morgan fingerprint density at radius 2 is 2.00 bits per heavy atom. The average Bonchev–Trinajstić information content (AvgIpc) is 2.27. The highest BCUT2D eigenvalue weighted by molar-refractivity contribution is 5.78. The molecule has 15 heavy (non-hydrogen) atoms. The van der Waals surface area contributed by atoms with E-state index in [0.29, 0.717) is 11.9 Å². The van der Waals surface area contributed by atoms with Crippen molar-refractivity contribution in [3.05, 3.63) is 0 Å². The summed E-state index contributed by atoms with van der Waals surface area (Å²) in [4.78, 5) is 16.3. The maximum atomic E-state index is 12.0. The number of carbonyl (C=O) groups is 1. The number of nitrogens with zero attached hydrogens (tertiary/aromatic N) is 2. The standard InChI is InChI=1S/C12H24N2O/c1-5-10(2)12(15)14(4)11-6-8-13(3)9-7-11/h10-11H,5-9H2,1-4H3. The Bertz CT molecular complexity index is 210. The highest BCUT2D eigenvalue weighted by atomic mass is 16.2. The van der Waals surface area contributed by atoms with Crippen LogP contribution in [0.4, 0.5) is 0 Å². The molecular weight excluding hydrogens is 188 g/mol. The van der Waals surface area contributed by atoms with E-state index >= 15 is 0 Å². The quantitative estimate of drug-likeness (QED) is 0.709. The molecule has 88 valence electrons. The zero-order chi connectivity index (χ0) is 11.4. The summed E-state index contributed by atoms with van der Waals surface area (Å²) in [5.74, 6) is 0.488. The van der Waals surface area contributed by atoms with Crippen molar-refractivity contribution in [2.45, 2.75) is 39.2 Å². The Morgan fingerprint density at radius 3 is 2.47 bits per heavy atom. The Balaban J connectivity index is 2.46. The molecule has 0 bridgehead atoms. The van der Waals surface area contributed by atoms with Crippen LogP contribution in [0.1, 0.15) is 33.1 Å². The average molecular weight is 212 g/mol. The van der Waals surface area contributed by atoms with Crippen LogP contribution in [-0.2, 0) is 4.79 Å². The van der Waals surface area contributed by atoms with E-state index in [9.17, 15) is 4.79 Å². The molecule has 1 aliphatic heterocycles. The number of hydrogen-bond donors (Lipinski definition) is 0. The fraction of sp³-hybridized carbons (Fsp3) is 0.917. The third-order valence-electron chi connectivity index (χ3n) is 3.62. The molecule has 0 spiro atoms. The first-order chi connectivity index (χ1) is 7.06. The molecule has 3 heteroatoms. The van der Waals surface area contributed by atoms with Gasteiger partial charge in [-0.2, -0.15) is 0 Å². The van der Waals surface area contributed by atoms with Gasteiger partial charge in [-0.05, 0) is 39.4 Å². The van der Waals surface area contributed by atoms with Gasteiger partial charge in [0, 0.05) is 19.0 Å². The third kappa shape index (κ3) is 3.20. The molecule has 0 radical (unpaired) electrons. The molecule has 0 aliphatic carbocycles. The van der Waals surface area contributed by atoms with E-state index in [2.05, 4.69) is 18.9 Å². The first-order valence-corrected chi connectivity index (χ1v) is 6.01. The van der Waals surface area contributed by atoms with Crippen molar-refractivity contribution in [1.82, 2.24) is 9.80 Å². The molecule has 0 N–H and O–H groups in total. The number of likely N-dealkylation sites (tertiary alicyclic amines) is 1. The van der Waals surface area contributed by atoms with Crippen LogP contribution in [0.5, 0.6) is 0 Å². The van der Waals surface area contributed by atoms with E-state index in [1.807, 2.05) is 18.9 Å². The van der Waals surface area contributed by atoms with E-state index in [4.69, 9.17) is 0 Å². The van der Waals surface area contributed by atoms with Crippen LogP contribution in [-0.4, -0.2) is 48.9 Å². The van der Waals surface area contributed by atoms with Crippen LogP contribution >= 0.6 is 0 Å². The Labute approximate surface area is 93.4 Å². The first-order valence-electron chi connectivity index (χ1n) is 6.01. The van der Waals surface area contributed by atoms with Gasteiger partial charge in [-0.15, -0.1) is 0 Å². The second-order valence-electron chi connectivity index (χ2n) is 4.79. The number of piperidine rings is 1. The van der Waals surface area contributed by atoms with E-state index < -0.39 is 0 Å². The molecule has 3 nitrogen and oxygen atoms in total. The van der Waals surface area contributed by atoms with Gasteiger partial charge in [0.2, 0.25) is 5.91 Å². The summed E-state index contributed by atoms with van der Waals surface area (Å²) < 4.78 is 0. The molecule has 1 rings (SSSR count). The normalized spacial score (nSPS) is 21.3. The molecule has 1 unspecified atom stereocenters. The molecule has 1 heterocycles. The van der Waals surface area contributed by atoms with Gasteiger partial charge >= 0.3 is 0 Å². The lowest BCUT2D eigenvalue weighted by molar-refractivity contribution is -0.136. The Morgan fingerprint density at radius 1 is 1.47 bits per heavy atom. The van der Waals surface area contributed by atoms with Gasteiger partial charge in [0.25, 0.3) is 0 Å². The lowest BCUT2D eigenvalue weighted by Crippen LogP contribution is -2.46. The van der Waals surface area contributed by atoms with Crippen molar-refractivity contribution in [3.63, 3.8) is 0 Å². The summed E-state index contributed by atoms with van der Waals surface area (Å²) in [5.41, 5.74) is 0. The lowest BCUT2D eigenvalue weighted by Gasteiger charge is -2.36. The fourth-order valence-corrected chi connectivity index (χ4v) is 2.08. The second kappa shape index (κ2) is 5.50. The topological polar surface area (TPSA) is 23.6 Å². The number of hydrogen-bond acceptors (Lipinski definition) is 2. The van der Waals surface area contributed by atoms with Gasteiger partial charge in [-0.1, -0.05) is 13.8 Å². The zero-order valence-corrected chi connectivity index (χ0v) is 10.5. The van der Waals surface area contributed by atoms with Crippen LogP contribution in [0.25, 0.3) is 0 Å². The van der Waals surface area contributed by atoms with Crippen LogP contribution in [0.15, 0.2) is 0 Å². The zero-order valence-electron chi connectivity index (χ0n) is 10.5. The summed E-state index contributed by atoms with van der Waals surface area (Å²) in [6.45, 7) is 6.32. The van der Waals surface area contributed by atoms with Crippen LogP contribution in [0, 0.1) is 5.92 Å². The van der Waals surface area contributed by atoms with Crippen molar-refractivity contribution in [2.24, 2.45) is 5.92 Å². The monoisotopic (exact) mass is 212 g/mol. The summed E-state index contributed by atoms with van der Waals surface area (Å²) in [6, 6.07) is 0.461. The Kier molecular flexibility index (Phi) is 4.58. The molecule has 0 aromatic heterocycles. The minimum atomic E-state index is 0.176. The van der Waals surface area contributed by atoms with E-state index in [1.54, 1.807) is 0 Å². The number of carbonyl (C=O) groups excluding carboxylic acids is 1. The maximum absolute atomic E-state index is 12.0. The van der Waals surface area contributed by atoms with E-state index in [0.717, 1.165) is 32.4 Å². The maximum Gasteiger partial charge on any atom is 0.225 e. The number of amides is 1. The van der Waals surface area contributed by atoms with E-state index in [1.165, 1.54) is 0 Å². The van der Waals surface area contributed by atoms with Crippen molar-refractivity contribution >= 4 is 5.91 Å². The molecule has 0 aromatic carbocycles. The molecule has 1 amide bonds. The van der Waals surface area contributed by atoms with Crippen LogP contribution in [0.2, 0.25) is 0 Å². The fourth-order valence-electron chi connectivity index (χ4n) is 2.08. The highest BCUT2D eigenvalue weighted by Gasteiger charge is 2.25. The smallest absolute Gasteiger partial charge is 0.225 e. The third-order valence-corrected chi connectivity index (χ3v) is 3.62.